The molecular weight excluding hydrogens is 414 g/mol. The fourth-order valence-corrected chi connectivity index (χ4v) is 5.03. The van der Waals surface area contributed by atoms with E-state index >= 15 is 0 Å². The highest BCUT2D eigenvalue weighted by Gasteiger charge is 2.41. The summed E-state index contributed by atoms with van der Waals surface area (Å²) in [5, 5.41) is 3.86. The molecule has 2 aromatic carbocycles. The minimum atomic E-state index is 0.268. The quantitative estimate of drug-likeness (QED) is 0.672. The predicted molar refractivity (Wildman–Crippen MR) is 128 cm³/mol. The van der Waals surface area contributed by atoms with Gasteiger partial charge in [0.15, 0.2) is 0 Å². The molecule has 0 radical (unpaired) electrons. The summed E-state index contributed by atoms with van der Waals surface area (Å²) in [7, 11) is 0. The number of nitrogens with zero attached hydrogens (tertiary/aromatic N) is 2. The van der Waals surface area contributed by atoms with Gasteiger partial charge in [-0.25, -0.2) is 0 Å². The number of likely N-dealkylation sites (tertiary alicyclic amines) is 1. The molecule has 6 heteroatoms. The number of hydrogen-bond donors (Lipinski definition) is 1. The summed E-state index contributed by atoms with van der Waals surface area (Å²) < 4.78 is 11.6. The first-order valence-electron chi connectivity index (χ1n) is 12.4. The first kappa shape index (κ1) is 22.4. The monoisotopic (exact) mass is 449 g/mol. The average Bonchev–Trinajstić information content (AvgIpc) is 3.63. The average molecular weight is 450 g/mol. The Kier molecular flexibility index (Phi) is 7.24. The smallest absolute Gasteiger partial charge is 0.236 e. The van der Waals surface area contributed by atoms with Gasteiger partial charge in [-0.15, -0.1) is 0 Å². The third-order valence-corrected chi connectivity index (χ3v) is 7.11. The van der Waals surface area contributed by atoms with Crippen molar-refractivity contribution in [2.24, 2.45) is 0 Å². The van der Waals surface area contributed by atoms with Gasteiger partial charge in [0.2, 0.25) is 5.91 Å². The van der Waals surface area contributed by atoms with Crippen LogP contribution in [0.5, 0.6) is 5.75 Å². The van der Waals surface area contributed by atoms with E-state index in [0.29, 0.717) is 31.2 Å². The van der Waals surface area contributed by atoms with Crippen LogP contribution in [0.4, 0.5) is 0 Å². The van der Waals surface area contributed by atoms with Crippen LogP contribution in [-0.2, 0) is 16.1 Å². The molecule has 2 saturated heterocycles. The number of piperidine rings is 1. The number of benzene rings is 2. The zero-order valence-electron chi connectivity index (χ0n) is 19.3. The first-order chi connectivity index (χ1) is 16.3. The Bertz CT molecular complexity index is 908. The Balaban J connectivity index is 1.08. The number of morpholine rings is 1. The molecule has 2 atom stereocenters. The Morgan fingerprint density at radius 2 is 1.70 bits per heavy atom. The van der Waals surface area contributed by atoms with Crippen molar-refractivity contribution in [3.63, 3.8) is 0 Å². The maximum absolute atomic E-state index is 12.7. The highest BCUT2D eigenvalue weighted by molar-refractivity contribution is 5.78. The molecule has 0 bridgehead atoms. The van der Waals surface area contributed by atoms with E-state index in [4.69, 9.17) is 9.47 Å². The third-order valence-electron chi connectivity index (χ3n) is 7.11. The minimum absolute atomic E-state index is 0.268. The first-order valence-corrected chi connectivity index (χ1v) is 12.4. The Morgan fingerprint density at radius 3 is 2.48 bits per heavy atom. The fourth-order valence-electron chi connectivity index (χ4n) is 5.03. The molecule has 6 nitrogen and oxygen atoms in total. The lowest BCUT2D eigenvalue weighted by atomic mass is 10.0. The topological polar surface area (TPSA) is 54.0 Å². The summed E-state index contributed by atoms with van der Waals surface area (Å²) in [6, 6.07) is 19.8. The van der Waals surface area contributed by atoms with Crippen LogP contribution in [-0.4, -0.2) is 73.7 Å². The number of para-hydroxylation sites is 1. The molecule has 2 aromatic rings. The van der Waals surface area contributed by atoms with Gasteiger partial charge in [-0.1, -0.05) is 48.5 Å². The van der Waals surface area contributed by atoms with Gasteiger partial charge in [-0.2, -0.15) is 0 Å². The molecule has 1 amide bonds. The van der Waals surface area contributed by atoms with Crippen LogP contribution in [0.15, 0.2) is 54.6 Å². The summed E-state index contributed by atoms with van der Waals surface area (Å²) in [6.45, 7) is 6.05. The van der Waals surface area contributed by atoms with E-state index in [0.717, 1.165) is 64.4 Å². The summed E-state index contributed by atoms with van der Waals surface area (Å²) in [5.41, 5.74) is 2.50. The second-order valence-corrected chi connectivity index (χ2v) is 9.47. The van der Waals surface area contributed by atoms with Gasteiger partial charge in [0, 0.05) is 44.2 Å². The molecule has 1 N–H and O–H groups in total. The molecule has 33 heavy (non-hydrogen) atoms. The third kappa shape index (κ3) is 5.94. The van der Waals surface area contributed by atoms with E-state index in [1.54, 1.807) is 0 Å². The van der Waals surface area contributed by atoms with Crippen LogP contribution in [0.3, 0.4) is 0 Å². The zero-order valence-corrected chi connectivity index (χ0v) is 19.3. The van der Waals surface area contributed by atoms with E-state index in [1.165, 1.54) is 11.1 Å². The second kappa shape index (κ2) is 10.7. The number of carbonyl (C=O) groups is 1. The van der Waals surface area contributed by atoms with Crippen molar-refractivity contribution in [1.29, 1.82) is 0 Å². The summed E-state index contributed by atoms with van der Waals surface area (Å²) in [4.78, 5) is 16.9. The fraction of sp³-hybridized carbons (Fsp3) is 0.519. The van der Waals surface area contributed by atoms with Crippen molar-refractivity contribution in [1.82, 2.24) is 15.1 Å². The van der Waals surface area contributed by atoms with Gasteiger partial charge in [0.05, 0.1) is 19.8 Å². The van der Waals surface area contributed by atoms with E-state index in [1.807, 2.05) is 23.1 Å². The largest absolute Gasteiger partial charge is 0.489 e. The molecule has 3 aliphatic rings. The second-order valence-electron chi connectivity index (χ2n) is 9.47. The maximum Gasteiger partial charge on any atom is 0.236 e. The van der Waals surface area contributed by atoms with E-state index in [9.17, 15) is 4.79 Å². The lowest BCUT2D eigenvalue weighted by Gasteiger charge is -2.35. The normalized spacial score (nSPS) is 23.9. The molecule has 2 unspecified atom stereocenters. The number of nitrogens with one attached hydrogen (secondary N) is 1. The standard InChI is InChI=1S/C27H35N3O3/c31-27(19-29-14-16-32-17-15-29)30-12-10-22(11-13-30)28-25-18-24(25)23-8-4-5-9-26(23)33-20-21-6-2-1-3-7-21/h1-9,22,24-25,28H,10-20H2. The van der Waals surface area contributed by atoms with Gasteiger partial charge < -0.3 is 19.7 Å². The van der Waals surface area contributed by atoms with Gasteiger partial charge in [0.25, 0.3) is 0 Å². The van der Waals surface area contributed by atoms with E-state index < -0.39 is 0 Å². The predicted octanol–water partition coefficient (Wildman–Crippen LogP) is 3.03. The molecule has 1 saturated carbocycles. The van der Waals surface area contributed by atoms with Crippen LogP contribution < -0.4 is 10.1 Å². The SMILES string of the molecule is O=C(CN1CCOCC1)N1CCC(NC2CC2c2ccccc2OCc2ccccc2)CC1. The molecule has 2 heterocycles. The van der Waals surface area contributed by atoms with Crippen LogP contribution in [0.1, 0.15) is 36.3 Å². The number of rotatable bonds is 8. The summed E-state index contributed by atoms with van der Waals surface area (Å²) >= 11 is 0. The van der Waals surface area contributed by atoms with Crippen molar-refractivity contribution >= 4 is 5.91 Å². The van der Waals surface area contributed by atoms with Crippen molar-refractivity contribution in [2.75, 3.05) is 45.9 Å². The molecule has 3 fully saturated rings. The molecule has 176 valence electrons. The lowest BCUT2D eigenvalue weighted by molar-refractivity contribution is -0.134. The number of ether oxygens (including phenoxy) is 2. The highest BCUT2D eigenvalue weighted by atomic mass is 16.5. The highest BCUT2D eigenvalue weighted by Crippen LogP contribution is 2.45. The minimum Gasteiger partial charge on any atom is -0.489 e. The van der Waals surface area contributed by atoms with Gasteiger partial charge in [-0.05, 0) is 36.5 Å². The molecule has 5 rings (SSSR count). The van der Waals surface area contributed by atoms with E-state index in [-0.39, 0.29) is 5.91 Å². The van der Waals surface area contributed by atoms with Crippen molar-refractivity contribution in [3.8, 4) is 5.75 Å². The number of hydrogen-bond acceptors (Lipinski definition) is 5. The molecule has 0 spiro atoms. The van der Waals surface area contributed by atoms with Crippen LogP contribution in [0, 0.1) is 0 Å². The zero-order chi connectivity index (χ0) is 22.5. The van der Waals surface area contributed by atoms with Crippen LogP contribution >= 0.6 is 0 Å². The van der Waals surface area contributed by atoms with Gasteiger partial charge >= 0.3 is 0 Å². The maximum atomic E-state index is 12.7. The van der Waals surface area contributed by atoms with Crippen molar-refractivity contribution in [2.45, 2.75) is 43.9 Å². The Morgan fingerprint density at radius 1 is 0.970 bits per heavy atom. The summed E-state index contributed by atoms with van der Waals surface area (Å²) in [5.74, 6) is 1.78. The van der Waals surface area contributed by atoms with Crippen molar-refractivity contribution < 1.29 is 14.3 Å². The molecular formula is C27H35N3O3. The van der Waals surface area contributed by atoms with Crippen LogP contribution in [0.2, 0.25) is 0 Å². The number of amides is 1. The summed E-state index contributed by atoms with van der Waals surface area (Å²) in [6.07, 6.45) is 3.22. The number of carbonyl (C=O) groups excluding carboxylic acids is 1. The Labute approximate surface area is 196 Å². The molecule has 2 aliphatic heterocycles. The molecule has 0 aromatic heterocycles. The van der Waals surface area contributed by atoms with Gasteiger partial charge in [-0.3, -0.25) is 9.69 Å². The van der Waals surface area contributed by atoms with E-state index in [2.05, 4.69) is 46.6 Å². The van der Waals surface area contributed by atoms with Gasteiger partial charge in [0.1, 0.15) is 12.4 Å². The molecule has 1 aliphatic carbocycles. The lowest BCUT2D eigenvalue weighted by Crippen LogP contribution is -2.49. The van der Waals surface area contributed by atoms with Crippen molar-refractivity contribution in [3.05, 3.63) is 65.7 Å². The van der Waals surface area contributed by atoms with Crippen LogP contribution in [0.25, 0.3) is 0 Å². The Hall–Kier alpha value is -2.41.